The maximum absolute atomic E-state index is 14.8. The summed E-state index contributed by atoms with van der Waals surface area (Å²) in [6, 6.07) is 6.06. The van der Waals surface area contributed by atoms with Gasteiger partial charge in [-0.25, -0.2) is 14.4 Å². The van der Waals surface area contributed by atoms with E-state index in [0.29, 0.717) is 35.8 Å². The molecule has 5 atom stereocenters. The molecule has 4 aliphatic rings. The third-order valence-corrected chi connectivity index (χ3v) is 9.79. The summed E-state index contributed by atoms with van der Waals surface area (Å²) < 4.78 is 21.2. The largest absolute Gasteiger partial charge is 0.490 e. The van der Waals surface area contributed by atoms with Crippen LogP contribution in [0.25, 0.3) is 0 Å². The number of rotatable bonds is 2. The molecule has 10 heteroatoms. The number of hydrogen-bond donors (Lipinski definition) is 2. The number of piperazine rings is 1. The number of hydrogen-bond acceptors (Lipinski definition) is 8. The molecule has 3 heterocycles. The Bertz CT molecular complexity index is 1140. The van der Waals surface area contributed by atoms with Gasteiger partial charge in [0.25, 0.3) is 0 Å². The van der Waals surface area contributed by atoms with Crippen molar-refractivity contribution in [1.82, 2.24) is 14.9 Å². The first kappa shape index (κ1) is 23.8. The predicted octanol–water partition coefficient (Wildman–Crippen LogP) is 2.91. The van der Waals surface area contributed by atoms with Crippen molar-refractivity contribution in [2.24, 2.45) is 29.4 Å². The number of primary amides is 1. The number of nitrogens with one attached hydrogen (secondary N) is 1. The molecule has 6 rings (SSSR count). The van der Waals surface area contributed by atoms with Crippen LogP contribution in [0.2, 0.25) is 0 Å². The molecule has 2 aliphatic carbocycles. The SMILES string of the molecule is CN1CCN(c2ccc3cc2OCCS[C@@H]2C[C@H]4C[C@H]2[C@@H](Cc2nc(ncc2F)N3)[C@H]4C(N)=O)CC1. The second-order valence-electron chi connectivity index (χ2n) is 10.5. The van der Waals surface area contributed by atoms with Crippen molar-refractivity contribution in [3.05, 3.63) is 35.9 Å². The Labute approximate surface area is 215 Å². The minimum absolute atomic E-state index is 0.00642. The van der Waals surface area contributed by atoms with Crippen molar-refractivity contribution < 1.29 is 13.9 Å². The molecule has 36 heavy (non-hydrogen) atoms. The lowest BCUT2D eigenvalue weighted by Crippen LogP contribution is -2.44. The van der Waals surface area contributed by atoms with Crippen molar-refractivity contribution in [3.8, 4) is 5.75 Å². The highest BCUT2D eigenvalue weighted by Crippen LogP contribution is 2.56. The van der Waals surface area contributed by atoms with E-state index >= 15 is 0 Å². The molecule has 192 valence electrons. The van der Waals surface area contributed by atoms with E-state index in [1.807, 2.05) is 23.9 Å². The summed E-state index contributed by atoms with van der Waals surface area (Å²) in [6.45, 7) is 4.53. The normalized spacial score (nSPS) is 30.2. The average Bonchev–Trinajstić information content (AvgIpc) is 3.42. The lowest BCUT2D eigenvalue weighted by Gasteiger charge is -2.35. The Morgan fingerprint density at radius 3 is 2.86 bits per heavy atom. The molecule has 1 aromatic carbocycles. The molecule has 1 saturated heterocycles. The maximum Gasteiger partial charge on any atom is 0.227 e. The number of benzene rings is 1. The Kier molecular flexibility index (Phi) is 6.41. The number of halogens is 1. The molecular weight excluding hydrogens is 479 g/mol. The number of amides is 1. The third kappa shape index (κ3) is 4.49. The zero-order chi connectivity index (χ0) is 24.8. The number of anilines is 3. The lowest BCUT2D eigenvalue weighted by atomic mass is 9.76. The summed E-state index contributed by atoms with van der Waals surface area (Å²) in [5, 5.41) is 3.66. The summed E-state index contributed by atoms with van der Waals surface area (Å²) in [5.41, 5.74) is 8.06. The zero-order valence-corrected chi connectivity index (χ0v) is 21.3. The van der Waals surface area contributed by atoms with Crippen LogP contribution in [0.4, 0.5) is 21.7 Å². The highest BCUT2D eigenvalue weighted by Gasteiger charge is 2.54. The number of carbonyl (C=O) groups is 1. The van der Waals surface area contributed by atoms with E-state index in [2.05, 4.69) is 38.2 Å². The van der Waals surface area contributed by atoms with Gasteiger partial charge in [-0.3, -0.25) is 4.79 Å². The van der Waals surface area contributed by atoms with Gasteiger partial charge in [0.15, 0.2) is 5.82 Å². The van der Waals surface area contributed by atoms with Gasteiger partial charge in [-0.15, -0.1) is 0 Å². The number of likely N-dealkylation sites (N-methyl/N-ethyl adjacent to an activating group) is 1. The molecule has 1 amide bonds. The lowest BCUT2D eigenvalue weighted by molar-refractivity contribution is -0.125. The molecule has 3 fully saturated rings. The number of nitrogens with two attached hydrogens (primary N) is 1. The van der Waals surface area contributed by atoms with Crippen LogP contribution in [0.15, 0.2) is 24.4 Å². The Morgan fingerprint density at radius 1 is 1.22 bits per heavy atom. The average molecular weight is 513 g/mol. The first-order valence-electron chi connectivity index (χ1n) is 12.9. The minimum Gasteiger partial charge on any atom is -0.490 e. The summed E-state index contributed by atoms with van der Waals surface area (Å²) in [7, 11) is 2.15. The van der Waals surface area contributed by atoms with Crippen LogP contribution in [0.5, 0.6) is 5.75 Å². The molecule has 2 aliphatic heterocycles. The molecular formula is C26H33FN6O2S. The van der Waals surface area contributed by atoms with Crippen molar-refractivity contribution in [2.45, 2.75) is 24.5 Å². The fourth-order valence-electron chi connectivity index (χ4n) is 6.67. The zero-order valence-electron chi connectivity index (χ0n) is 20.5. The first-order valence-corrected chi connectivity index (χ1v) is 13.9. The van der Waals surface area contributed by atoms with Crippen molar-refractivity contribution in [1.29, 1.82) is 0 Å². The fraction of sp³-hybridized carbons (Fsp3) is 0.577. The maximum atomic E-state index is 14.8. The van der Waals surface area contributed by atoms with Crippen LogP contribution in [-0.4, -0.2) is 71.6 Å². The van der Waals surface area contributed by atoms with E-state index in [0.717, 1.165) is 61.9 Å². The van der Waals surface area contributed by atoms with Gasteiger partial charge in [0, 0.05) is 54.9 Å². The monoisotopic (exact) mass is 512 g/mol. The van der Waals surface area contributed by atoms with Crippen molar-refractivity contribution in [2.75, 3.05) is 55.8 Å². The second-order valence-corrected chi connectivity index (χ2v) is 11.9. The topological polar surface area (TPSA) is 96.6 Å². The van der Waals surface area contributed by atoms with Crippen LogP contribution < -0.4 is 20.7 Å². The third-order valence-electron chi connectivity index (χ3n) is 8.41. The quantitative estimate of drug-likeness (QED) is 0.634. The van der Waals surface area contributed by atoms with E-state index < -0.39 is 5.82 Å². The number of carbonyl (C=O) groups excluding carboxylic acids is 1. The molecule has 2 saturated carbocycles. The van der Waals surface area contributed by atoms with Crippen LogP contribution in [0.3, 0.4) is 0 Å². The number of fused-ring (bicyclic) bond motifs is 5. The van der Waals surface area contributed by atoms with Gasteiger partial charge in [-0.05, 0) is 56.2 Å². The van der Waals surface area contributed by atoms with Gasteiger partial charge in [0.05, 0.1) is 24.2 Å². The highest BCUT2D eigenvalue weighted by atomic mass is 32.2. The van der Waals surface area contributed by atoms with Crippen LogP contribution in [0, 0.1) is 29.5 Å². The van der Waals surface area contributed by atoms with Gasteiger partial charge in [-0.1, -0.05) is 0 Å². The Morgan fingerprint density at radius 2 is 2.06 bits per heavy atom. The first-order chi connectivity index (χ1) is 17.5. The Balaban J connectivity index is 1.32. The molecule has 8 nitrogen and oxygen atoms in total. The molecule has 0 unspecified atom stereocenters. The number of ether oxygens (including phenoxy) is 1. The van der Waals surface area contributed by atoms with Gasteiger partial charge < -0.3 is 25.6 Å². The van der Waals surface area contributed by atoms with E-state index in [1.54, 1.807) is 0 Å². The van der Waals surface area contributed by atoms with E-state index in [9.17, 15) is 9.18 Å². The molecule has 2 aromatic rings. The van der Waals surface area contributed by atoms with Crippen molar-refractivity contribution >= 4 is 35.0 Å². The smallest absolute Gasteiger partial charge is 0.227 e. The minimum atomic E-state index is -0.436. The van der Waals surface area contributed by atoms with Gasteiger partial charge in [0.1, 0.15) is 5.75 Å². The highest BCUT2D eigenvalue weighted by molar-refractivity contribution is 7.99. The standard InChI is InChI=1S/C26H33FN6O2S/c1-32-4-6-33(7-5-32)21-3-2-16-12-22(21)35-8-9-36-23-11-15-10-17(23)18(24(15)25(28)34)13-20-19(27)14-29-26(30-16)31-20/h2-3,12,14-15,17-18,23-24H,4-11,13H2,1H3,(H2,28,34)(H,29,30,31)/t15-,17+,18-,23-,24+/m1/s1. The summed E-state index contributed by atoms with van der Waals surface area (Å²) in [6.07, 6.45) is 3.58. The van der Waals surface area contributed by atoms with E-state index in [4.69, 9.17) is 10.5 Å². The van der Waals surface area contributed by atoms with Gasteiger partial charge >= 0.3 is 0 Å². The van der Waals surface area contributed by atoms with Gasteiger partial charge in [0.2, 0.25) is 11.9 Å². The summed E-state index contributed by atoms with van der Waals surface area (Å²) >= 11 is 1.92. The number of nitrogens with zero attached hydrogens (tertiary/aromatic N) is 4. The van der Waals surface area contributed by atoms with Crippen molar-refractivity contribution in [3.63, 3.8) is 0 Å². The van der Waals surface area contributed by atoms with Crippen LogP contribution >= 0.6 is 11.8 Å². The summed E-state index contributed by atoms with van der Waals surface area (Å²) in [4.78, 5) is 25.8. The van der Waals surface area contributed by atoms with E-state index in [-0.39, 0.29) is 23.7 Å². The molecule has 0 spiro atoms. The summed E-state index contributed by atoms with van der Waals surface area (Å²) in [5.74, 6) is 1.73. The van der Waals surface area contributed by atoms with E-state index in [1.165, 1.54) is 6.20 Å². The second kappa shape index (κ2) is 9.70. The molecule has 0 radical (unpaired) electrons. The molecule has 3 N–H and O–H groups in total. The molecule has 6 bridgehead atoms. The van der Waals surface area contributed by atoms with Crippen LogP contribution in [-0.2, 0) is 11.2 Å². The predicted molar refractivity (Wildman–Crippen MR) is 139 cm³/mol. The number of aromatic nitrogens is 2. The Hall–Kier alpha value is -2.59. The fourth-order valence-corrected chi connectivity index (χ4v) is 8.09. The van der Waals surface area contributed by atoms with Crippen LogP contribution in [0.1, 0.15) is 18.5 Å². The molecule has 1 aromatic heterocycles. The van der Waals surface area contributed by atoms with Gasteiger partial charge in [-0.2, -0.15) is 11.8 Å². The number of thioether (sulfide) groups is 1.